The Morgan fingerprint density at radius 1 is 1.25 bits per heavy atom. The summed E-state index contributed by atoms with van der Waals surface area (Å²) in [7, 11) is 0. The highest BCUT2D eigenvalue weighted by Gasteiger charge is 2.18. The van der Waals surface area contributed by atoms with E-state index in [1.807, 2.05) is 0 Å². The quantitative estimate of drug-likeness (QED) is 0.674. The van der Waals surface area contributed by atoms with E-state index in [0.29, 0.717) is 13.1 Å². The number of piperidine rings is 1. The van der Waals surface area contributed by atoms with Crippen LogP contribution < -0.4 is 5.73 Å². The highest BCUT2D eigenvalue weighted by atomic mass is 19.1. The molecule has 1 fully saturated rings. The zero-order chi connectivity index (χ0) is 14.5. The van der Waals surface area contributed by atoms with Crippen LogP contribution in [0.25, 0.3) is 0 Å². The lowest BCUT2D eigenvalue weighted by Crippen LogP contribution is -2.38. The molecule has 1 heterocycles. The normalized spacial score (nSPS) is 14.9. The van der Waals surface area contributed by atoms with Gasteiger partial charge in [0.25, 0.3) is 5.91 Å². The summed E-state index contributed by atoms with van der Waals surface area (Å²) in [4.78, 5) is 25.2. The van der Waals surface area contributed by atoms with Crippen molar-refractivity contribution in [2.24, 2.45) is 0 Å². The van der Waals surface area contributed by atoms with Crippen LogP contribution >= 0.6 is 0 Å². The van der Waals surface area contributed by atoms with Crippen molar-refractivity contribution >= 4 is 17.6 Å². The maximum absolute atomic E-state index is 13.0. The van der Waals surface area contributed by atoms with Crippen molar-refractivity contribution in [3.05, 3.63) is 29.6 Å². The first-order valence-electron chi connectivity index (χ1n) is 6.58. The SMILES string of the molecule is Nc1cc(C(=O)OCC(=O)N2CCCCC2)ccc1F. The number of carbonyl (C=O) groups is 2. The van der Waals surface area contributed by atoms with Gasteiger partial charge in [-0.05, 0) is 37.5 Å². The summed E-state index contributed by atoms with van der Waals surface area (Å²) in [5.74, 6) is -1.47. The molecule has 5 nitrogen and oxygen atoms in total. The summed E-state index contributed by atoms with van der Waals surface area (Å²) in [5.41, 5.74) is 5.38. The van der Waals surface area contributed by atoms with Crippen LogP contribution in [0.3, 0.4) is 0 Å². The zero-order valence-corrected chi connectivity index (χ0v) is 11.1. The molecule has 0 unspecified atom stereocenters. The topological polar surface area (TPSA) is 72.6 Å². The molecule has 108 valence electrons. The zero-order valence-electron chi connectivity index (χ0n) is 11.1. The number of esters is 1. The van der Waals surface area contributed by atoms with E-state index < -0.39 is 11.8 Å². The van der Waals surface area contributed by atoms with Gasteiger partial charge < -0.3 is 15.4 Å². The number of anilines is 1. The second kappa shape index (κ2) is 6.36. The van der Waals surface area contributed by atoms with Gasteiger partial charge in [-0.3, -0.25) is 4.79 Å². The van der Waals surface area contributed by atoms with Gasteiger partial charge in [0, 0.05) is 13.1 Å². The van der Waals surface area contributed by atoms with E-state index in [9.17, 15) is 14.0 Å². The maximum atomic E-state index is 13.0. The van der Waals surface area contributed by atoms with Crippen LogP contribution in [-0.2, 0) is 9.53 Å². The average molecular weight is 280 g/mol. The van der Waals surface area contributed by atoms with Gasteiger partial charge in [-0.2, -0.15) is 0 Å². The molecular formula is C14H17FN2O3. The van der Waals surface area contributed by atoms with E-state index in [1.165, 1.54) is 12.1 Å². The minimum Gasteiger partial charge on any atom is -0.452 e. The number of nitrogens with zero attached hydrogens (tertiary/aromatic N) is 1. The molecule has 2 rings (SSSR count). The van der Waals surface area contributed by atoms with E-state index in [-0.39, 0.29) is 23.8 Å². The van der Waals surface area contributed by atoms with Gasteiger partial charge >= 0.3 is 5.97 Å². The third-order valence-electron chi connectivity index (χ3n) is 3.27. The molecule has 6 heteroatoms. The Labute approximate surface area is 116 Å². The van der Waals surface area contributed by atoms with E-state index in [0.717, 1.165) is 25.3 Å². The van der Waals surface area contributed by atoms with Crippen molar-refractivity contribution in [3.8, 4) is 0 Å². The van der Waals surface area contributed by atoms with Gasteiger partial charge in [0.1, 0.15) is 5.82 Å². The van der Waals surface area contributed by atoms with Gasteiger partial charge in [0.05, 0.1) is 11.3 Å². The monoisotopic (exact) mass is 280 g/mol. The molecule has 1 aliphatic heterocycles. The number of nitrogens with two attached hydrogens (primary N) is 1. The summed E-state index contributed by atoms with van der Waals surface area (Å²) in [5, 5.41) is 0. The van der Waals surface area contributed by atoms with Gasteiger partial charge in [0.2, 0.25) is 0 Å². The number of likely N-dealkylation sites (tertiary alicyclic amines) is 1. The van der Waals surface area contributed by atoms with Gasteiger partial charge in [-0.25, -0.2) is 9.18 Å². The highest BCUT2D eigenvalue weighted by Crippen LogP contribution is 2.13. The Balaban J connectivity index is 1.88. The average Bonchev–Trinajstić information content (AvgIpc) is 2.48. The summed E-state index contributed by atoms with van der Waals surface area (Å²) in [6, 6.07) is 3.57. The third kappa shape index (κ3) is 3.46. The van der Waals surface area contributed by atoms with Crippen molar-refractivity contribution < 1.29 is 18.7 Å². The molecule has 0 radical (unpaired) electrons. The minimum absolute atomic E-state index is 0.123. The largest absolute Gasteiger partial charge is 0.452 e. The lowest BCUT2D eigenvalue weighted by Gasteiger charge is -2.26. The Hall–Kier alpha value is -2.11. The first kappa shape index (κ1) is 14.3. The molecule has 2 N–H and O–H groups in total. The first-order chi connectivity index (χ1) is 9.58. The van der Waals surface area contributed by atoms with Crippen LogP contribution in [0.2, 0.25) is 0 Å². The number of benzene rings is 1. The number of rotatable bonds is 3. The van der Waals surface area contributed by atoms with Crippen LogP contribution in [0, 0.1) is 5.82 Å². The summed E-state index contributed by atoms with van der Waals surface area (Å²) in [6.45, 7) is 1.12. The molecule has 0 spiro atoms. The highest BCUT2D eigenvalue weighted by molar-refractivity contribution is 5.92. The minimum atomic E-state index is -0.679. The molecule has 1 aromatic rings. The van der Waals surface area contributed by atoms with Crippen LogP contribution in [0.15, 0.2) is 18.2 Å². The standard InChI is InChI=1S/C14H17FN2O3/c15-11-5-4-10(8-12(11)16)14(19)20-9-13(18)17-6-2-1-3-7-17/h4-5,8H,1-3,6-7,9,16H2. The second-order valence-electron chi connectivity index (χ2n) is 4.75. The van der Waals surface area contributed by atoms with E-state index in [1.54, 1.807) is 4.90 Å². The molecule has 20 heavy (non-hydrogen) atoms. The van der Waals surface area contributed by atoms with Gasteiger partial charge in [-0.15, -0.1) is 0 Å². The Morgan fingerprint density at radius 2 is 1.95 bits per heavy atom. The third-order valence-corrected chi connectivity index (χ3v) is 3.27. The number of amides is 1. The molecule has 0 bridgehead atoms. The summed E-state index contributed by atoms with van der Waals surface area (Å²) in [6.07, 6.45) is 3.08. The van der Waals surface area contributed by atoms with Crippen LogP contribution in [-0.4, -0.2) is 36.5 Å². The number of hydrogen-bond donors (Lipinski definition) is 1. The fraction of sp³-hybridized carbons (Fsp3) is 0.429. The Bertz CT molecular complexity index is 513. The number of halogens is 1. The van der Waals surface area contributed by atoms with E-state index in [4.69, 9.17) is 10.5 Å². The maximum Gasteiger partial charge on any atom is 0.338 e. The first-order valence-corrected chi connectivity index (χ1v) is 6.58. The number of hydrogen-bond acceptors (Lipinski definition) is 4. The Kier molecular flexibility index (Phi) is 4.55. The van der Waals surface area contributed by atoms with Crippen molar-refractivity contribution in [1.82, 2.24) is 4.90 Å². The molecule has 1 saturated heterocycles. The predicted octanol–water partition coefficient (Wildman–Crippen LogP) is 1.58. The van der Waals surface area contributed by atoms with Crippen molar-refractivity contribution in [2.45, 2.75) is 19.3 Å². The molecule has 1 amide bonds. The summed E-state index contributed by atoms with van der Waals surface area (Å²) >= 11 is 0. The lowest BCUT2D eigenvalue weighted by atomic mass is 10.1. The van der Waals surface area contributed by atoms with E-state index >= 15 is 0 Å². The van der Waals surface area contributed by atoms with Gasteiger partial charge in [0.15, 0.2) is 6.61 Å². The molecule has 1 aliphatic rings. The van der Waals surface area contributed by atoms with E-state index in [2.05, 4.69) is 0 Å². The molecule has 0 aromatic heterocycles. The summed E-state index contributed by atoms with van der Waals surface area (Å²) < 4.78 is 17.9. The van der Waals surface area contributed by atoms with Crippen molar-refractivity contribution in [2.75, 3.05) is 25.4 Å². The fourth-order valence-corrected chi connectivity index (χ4v) is 2.12. The number of ether oxygens (including phenoxy) is 1. The Morgan fingerprint density at radius 3 is 2.60 bits per heavy atom. The molecule has 0 atom stereocenters. The number of carbonyl (C=O) groups excluding carboxylic acids is 2. The second-order valence-corrected chi connectivity index (χ2v) is 4.75. The van der Waals surface area contributed by atoms with Crippen LogP contribution in [0.4, 0.5) is 10.1 Å². The smallest absolute Gasteiger partial charge is 0.338 e. The van der Waals surface area contributed by atoms with Crippen molar-refractivity contribution in [1.29, 1.82) is 0 Å². The van der Waals surface area contributed by atoms with Crippen LogP contribution in [0.5, 0.6) is 0 Å². The molecular weight excluding hydrogens is 263 g/mol. The predicted molar refractivity (Wildman–Crippen MR) is 71.5 cm³/mol. The molecule has 1 aromatic carbocycles. The lowest BCUT2D eigenvalue weighted by molar-refractivity contribution is -0.135. The van der Waals surface area contributed by atoms with Crippen molar-refractivity contribution in [3.63, 3.8) is 0 Å². The number of nitrogen functional groups attached to an aromatic ring is 1. The van der Waals surface area contributed by atoms with Crippen LogP contribution in [0.1, 0.15) is 29.6 Å². The molecule has 0 aliphatic carbocycles. The fourth-order valence-electron chi connectivity index (χ4n) is 2.12. The molecule has 0 saturated carbocycles. The van der Waals surface area contributed by atoms with Gasteiger partial charge in [-0.1, -0.05) is 0 Å².